The molecule has 20 heavy (non-hydrogen) atoms. The van der Waals surface area contributed by atoms with Crippen LogP contribution in [-0.2, 0) is 6.54 Å². The summed E-state index contributed by atoms with van der Waals surface area (Å²) in [6.45, 7) is 0.533. The van der Waals surface area contributed by atoms with E-state index in [2.05, 4.69) is 20.9 Å². The SMILES string of the molecule is CN(Cc1nc2ccccc2s1)C(=O)c1csc(Br)c1. The molecule has 3 rings (SSSR count). The molecule has 0 atom stereocenters. The van der Waals surface area contributed by atoms with Crippen LogP contribution in [0.2, 0.25) is 0 Å². The number of carbonyl (C=O) groups excluding carboxylic acids is 1. The average Bonchev–Trinajstić information content (AvgIpc) is 3.03. The van der Waals surface area contributed by atoms with Crippen LogP contribution < -0.4 is 0 Å². The first-order chi connectivity index (χ1) is 9.63. The molecule has 0 spiro atoms. The molecule has 0 radical (unpaired) electrons. The molecule has 0 aliphatic rings. The Morgan fingerprint density at radius 1 is 1.40 bits per heavy atom. The van der Waals surface area contributed by atoms with Gasteiger partial charge in [0.1, 0.15) is 5.01 Å². The molecule has 2 heterocycles. The highest BCUT2D eigenvalue weighted by Crippen LogP contribution is 2.24. The predicted molar refractivity (Wildman–Crippen MR) is 87.4 cm³/mol. The van der Waals surface area contributed by atoms with Crippen LogP contribution in [0, 0.1) is 0 Å². The molecule has 0 bridgehead atoms. The quantitative estimate of drug-likeness (QED) is 0.688. The van der Waals surface area contributed by atoms with Crippen LogP contribution in [-0.4, -0.2) is 22.8 Å². The Kier molecular flexibility index (Phi) is 3.87. The molecule has 0 unspecified atom stereocenters. The van der Waals surface area contributed by atoms with Gasteiger partial charge in [-0.25, -0.2) is 4.98 Å². The topological polar surface area (TPSA) is 33.2 Å². The Morgan fingerprint density at radius 2 is 2.20 bits per heavy atom. The number of carbonyl (C=O) groups is 1. The summed E-state index contributed by atoms with van der Waals surface area (Å²) in [5.41, 5.74) is 1.71. The zero-order valence-electron chi connectivity index (χ0n) is 10.7. The van der Waals surface area contributed by atoms with Gasteiger partial charge in [0.25, 0.3) is 5.91 Å². The van der Waals surface area contributed by atoms with Crippen molar-refractivity contribution in [3.63, 3.8) is 0 Å². The lowest BCUT2D eigenvalue weighted by Crippen LogP contribution is -2.25. The number of hydrogen-bond acceptors (Lipinski definition) is 4. The highest BCUT2D eigenvalue weighted by Gasteiger charge is 2.15. The van der Waals surface area contributed by atoms with E-state index in [4.69, 9.17) is 0 Å². The van der Waals surface area contributed by atoms with Crippen molar-refractivity contribution in [3.05, 3.63) is 50.1 Å². The van der Waals surface area contributed by atoms with Gasteiger partial charge in [-0.3, -0.25) is 4.79 Å². The van der Waals surface area contributed by atoms with E-state index in [0.717, 1.165) is 19.0 Å². The molecule has 0 saturated carbocycles. The Morgan fingerprint density at radius 3 is 2.90 bits per heavy atom. The summed E-state index contributed by atoms with van der Waals surface area (Å²) < 4.78 is 2.12. The van der Waals surface area contributed by atoms with E-state index >= 15 is 0 Å². The number of nitrogens with zero attached hydrogens (tertiary/aromatic N) is 2. The number of halogens is 1. The van der Waals surface area contributed by atoms with Gasteiger partial charge in [0.15, 0.2) is 0 Å². The number of aromatic nitrogens is 1. The second kappa shape index (κ2) is 5.63. The fraction of sp³-hybridized carbons (Fsp3) is 0.143. The van der Waals surface area contributed by atoms with Crippen LogP contribution in [0.5, 0.6) is 0 Å². The zero-order valence-corrected chi connectivity index (χ0v) is 13.9. The minimum Gasteiger partial charge on any atom is -0.335 e. The Balaban J connectivity index is 1.78. The smallest absolute Gasteiger partial charge is 0.254 e. The monoisotopic (exact) mass is 366 g/mol. The number of rotatable bonds is 3. The second-order valence-corrected chi connectivity index (χ2v) is 7.78. The van der Waals surface area contributed by atoms with Crippen LogP contribution in [0.4, 0.5) is 0 Å². The molecule has 0 aliphatic heterocycles. The van der Waals surface area contributed by atoms with Crippen LogP contribution in [0.1, 0.15) is 15.4 Å². The van der Waals surface area contributed by atoms with Crippen LogP contribution in [0.15, 0.2) is 39.5 Å². The normalized spacial score (nSPS) is 10.9. The van der Waals surface area contributed by atoms with E-state index in [-0.39, 0.29) is 5.91 Å². The molecule has 1 aromatic carbocycles. The van der Waals surface area contributed by atoms with Crippen molar-refractivity contribution in [1.82, 2.24) is 9.88 Å². The number of hydrogen-bond donors (Lipinski definition) is 0. The fourth-order valence-electron chi connectivity index (χ4n) is 1.90. The standard InChI is InChI=1S/C14H11BrN2OS2/c1-17(14(18)9-6-12(15)19-8-9)7-13-16-10-4-2-3-5-11(10)20-13/h2-6,8H,7H2,1H3. The summed E-state index contributed by atoms with van der Waals surface area (Å²) in [7, 11) is 1.81. The molecule has 6 heteroatoms. The third-order valence-corrected chi connectivity index (χ3v) is 5.40. The molecule has 0 saturated heterocycles. The van der Waals surface area contributed by atoms with Gasteiger partial charge in [-0.1, -0.05) is 12.1 Å². The summed E-state index contributed by atoms with van der Waals surface area (Å²) in [5, 5.41) is 2.82. The van der Waals surface area contributed by atoms with E-state index in [0.29, 0.717) is 12.1 Å². The van der Waals surface area contributed by atoms with E-state index < -0.39 is 0 Å². The first-order valence-electron chi connectivity index (χ1n) is 5.97. The van der Waals surface area contributed by atoms with Crippen molar-refractivity contribution in [2.75, 3.05) is 7.05 Å². The number of thiazole rings is 1. The van der Waals surface area contributed by atoms with Crippen molar-refractivity contribution in [2.45, 2.75) is 6.54 Å². The fourth-order valence-corrected chi connectivity index (χ4v) is 4.06. The lowest BCUT2D eigenvalue weighted by Gasteiger charge is -2.14. The van der Waals surface area contributed by atoms with E-state index in [9.17, 15) is 4.79 Å². The van der Waals surface area contributed by atoms with Gasteiger partial charge < -0.3 is 4.90 Å². The maximum atomic E-state index is 12.3. The first-order valence-corrected chi connectivity index (χ1v) is 8.46. The van der Waals surface area contributed by atoms with Crippen molar-refractivity contribution in [3.8, 4) is 0 Å². The summed E-state index contributed by atoms with van der Waals surface area (Å²) >= 11 is 6.53. The summed E-state index contributed by atoms with van der Waals surface area (Å²) in [6, 6.07) is 9.87. The number of para-hydroxylation sites is 1. The molecular weight excluding hydrogens is 356 g/mol. The van der Waals surface area contributed by atoms with E-state index in [1.165, 1.54) is 11.3 Å². The van der Waals surface area contributed by atoms with Crippen molar-refractivity contribution < 1.29 is 4.79 Å². The van der Waals surface area contributed by atoms with Gasteiger partial charge in [0, 0.05) is 12.4 Å². The van der Waals surface area contributed by atoms with Crippen LogP contribution in [0.3, 0.4) is 0 Å². The summed E-state index contributed by atoms with van der Waals surface area (Å²) in [4.78, 5) is 18.5. The zero-order chi connectivity index (χ0) is 14.1. The lowest BCUT2D eigenvalue weighted by atomic mass is 10.3. The summed E-state index contributed by atoms with van der Waals surface area (Å²) in [5.74, 6) is 0.0196. The average molecular weight is 367 g/mol. The summed E-state index contributed by atoms with van der Waals surface area (Å²) in [6.07, 6.45) is 0. The molecule has 3 aromatic rings. The Bertz CT molecular complexity index is 732. The molecule has 0 N–H and O–H groups in total. The highest BCUT2D eigenvalue weighted by atomic mass is 79.9. The predicted octanol–water partition coefficient (Wildman–Crippen LogP) is 4.39. The maximum absolute atomic E-state index is 12.3. The minimum absolute atomic E-state index is 0.0196. The third-order valence-electron chi connectivity index (χ3n) is 2.87. The van der Waals surface area contributed by atoms with Gasteiger partial charge in [0.2, 0.25) is 0 Å². The van der Waals surface area contributed by atoms with Gasteiger partial charge in [0.05, 0.1) is 26.1 Å². The van der Waals surface area contributed by atoms with E-state index in [1.54, 1.807) is 23.3 Å². The van der Waals surface area contributed by atoms with Crippen molar-refractivity contribution in [2.24, 2.45) is 0 Å². The maximum Gasteiger partial charge on any atom is 0.254 e. The molecular formula is C14H11BrN2OS2. The molecule has 3 nitrogen and oxygen atoms in total. The number of benzene rings is 1. The second-order valence-electron chi connectivity index (χ2n) is 4.38. The molecule has 2 aromatic heterocycles. The Labute approximate surface area is 133 Å². The van der Waals surface area contributed by atoms with Crippen LogP contribution in [0.25, 0.3) is 10.2 Å². The molecule has 0 aliphatic carbocycles. The van der Waals surface area contributed by atoms with Crippen molar-refractivity contribution in [1.29, 1.82) is 0 Å². The number of thiophene rings is 1. The molecule has 102 valence electrons. The van der Waals surface area contributed by atoms with Crippen molar-refractivity contribution >= 4 is 54.7 Å². The lowest BCUT2D eigenvalue weighted by molar-refractivity contribution is 0.0785. The van der Waals surface area contributed by atoms with Crippen LogP contribution >= 0.6 is 38.6 Å². The van der Waals surface area contributed by atoms with Gasteiger partial charge in [-0.2, -0.15) is 0 Å². The van der Waals surface area contributed by atoms with E-state index in [1.807, 2.05) is 35.7 Å². The largest absolute Gasteiger partial charge is 0.335 e. The first kappa shape index (κ1) is 13.7. The Hall–Kier alpha value is -1.24. The van der Waals surface area contributed by atoms with Gasteiger partial charge in [-0.05, 0) is 34.1 Å². The third kappa shape index (κ3) is 2.77. The highest BCUT2D eigenvalue weighted by molar-refractivity contribution is 9.11. The van der Waals surface area contributed by atoms with Gasteiger partial charge >= 0.3 is 0 Å². The molecule has 0 fully saturated rings. The minimum atomic E-state index is 0.0196. The molecule has 1 amide bonds. The number of fused-ring (bicyclic) bond motifs is 1. The number of amides is 1. The van der Waals surface area contributed by atoms with Gasteiger partial charge in [-0.15, -0.1) is 22.7 Å².